The van der Waals surface area contributed by atoms with Gasteiger partial charge in [-0.1, -0.05) is 20.3 Å². The van der Waals surface area contributed by atoms with E-state index in [9.17, 15) is 0 Å². The predicted molar refractivity (Wildman–Crippen MR) is 51.7 cm³/mol. The molecule has 3 N–H and O–H groups in total. The summed E-state index contributed by atoms with van der Waals surface area (Å²) < 4.78 is 5.23. The minimum atomic E-state index is 0.177. The second kappa shape index (κ2) is 6.40. The van der Waals surface area contributed by atoms with E-state index in [4.69, 9.17) is 10.6 Å². The summed E-state index contributed by atoms with van der Waals surface area (Å²) in [6.07, 6.45) is 2.55. The van der Waals surface area contributed by atoms with Crippen molar-refractivity contribution in [1.29, 1.82) is 0 Å². The molecule has 3 unspecified atom stereocenters. The van der Waals surface area contributed by atoms with Crippen molar-refractivity contribution in [1.82, 2.24) is 5.43 Å². The zero-order valence-corrected chi connectivity index (χ0v) is 8.63. The quantitative estimate of drug-likeness (QED) is 0.471. The molecule has 0 amide bonds. The number of ether oxygens (including phenoxy) is 1. The van der Waals surface area contributed by atoms with Gasteiger partial charge in [-0.25, -0.2) is 0 Å². The van der Waals surface area contributed by atoms with E-state index in [-0.39, 0.29) is 12.1 Å². The van der Waals surface area contributed by atoms with Gasteiger partial charge in [-0.15, -0.1) is 0 Å². The molecular formula is C9H22N2O. The van der Waals surface area contributed by atoms with Crippen LogP contribution in [0.25, 0.3) is 0 Å². The van der Waals surface area contributed by atoms with Gasteiger partial charge in [0.25, 0.3) is 0 Å². The maximum absolute atomic E-state index is 5.45. The minimum absolute atomic E-state index is 0.177. The molecule has 0 aliphatic carbocycles. The molecule has 0 saturated carbocycles. The highest BCUT2D eigenvalue weighted by Crippen LogP contribution is 2.14. The summed E-state index contributed by atoms with van der Waals surface area (Å²) in [7, 11) is 1.72. The van der Waals surface area contributed by atoms with E-state index in [1.165, 1.54) is 12.8 Å². The zero-order valence-electron chi connectivity index (χ0n) is 8.63. The third kappa shape index (κ3) is 3.52. The molecule has 0 aromatic rings. The van der Waals surface area contributed by atoms with Crippen LogP contribution in [0.15, 0.2) is 0 Å². The molecular weight excluding hydrogens is 152 g/mol. The van der Waals surface area contributed by atoms with E-state index in [0.717, 1.165) is 0 Å². The summed E-state index contributed by atoms with van der Waals surface area (Å²) in [5.74, 6) is 6.02. The van der Waals surface area contributed by atoms with Crippen molar-refractivity contribution in [2.24, 2.45) is 11.8 Å². The average Bonchev–Trinajstić information content (AvgIpc) is 2.06. The van der Waals surface area contributed by atoms with Crippen LogP contribution in [-0.4, -0.2) is 19.3 Å². The second-order valence-corrected chi connectivity index (χ2v) is 3.40. The van der Waals surface area contributed by atoms with Crippen LogP contribution in [0.1, 0.15) is 33.6 Å². The fourth-order valence-corrected chi connectivity index (χ4v) is 1.54. The molecule has 0 aliphatic rings. The van der Waals surface area contributed by atoms with E-state index >= 15 is 0 Å². The van der Waals surface area contributed by atoms with Gasteiger partial charge in [-0.3, -0.25) is 11.3 Å². The molecule has 12 heavy (non-hydrogen) atoms. The van der Waals surface area contributed by atoms with Crippen LogP contribution in [0.5, 0.6) is 0 Å². The highest BCUT2D eigenvalue weighted by molar-refractivity contribution is 4.76. The van der Waals surface area contributed by atoms with Crippen LogP contribution in [0.2, 0.25) is 0 Å². The van der Waals surface area contributed by atoms with E-state index in [2.05, 4.69) is 19.3 Å². The number of hydrogen-bond acceptors (Lipinski definition) is 3. The lowest BCUT2D eigenvalue weighted by atomic mass is 9.94. The summed E-state index contributed by atoms with van der Waals surface area (Å²) in [6, 6.07) is 0.259. The first-order valence-corrected chi connectivity index (χ1v) is 4.66. The fraction of sp³-hybridized carbons (Fsp3) is 1.00. The van der Waals surface area contributed by atoms with E-state index in [1.54, 1.807) is 7.11 Å². The third-order valence-corrected chi connectivity index (χ3v) is 2.43. The highest BCUT2D eigenvalue weighted by Gasteiger charge is 2.21. The Hall–Kier alpha value is -0.120. The van der Waals surface area contributed by atoms with E-state index in [1.807, 2.05) is 6.92 Å². The Labute approximate surface area is 75.6 Å². The van der Waals surface area contributed by atoms with Crippen molar-refractivity contribution < 1.29 is 4.74 Å². The Kier molecular flexibility index (Phi) is 6.34. The van der Waals surface area contributed by atoms with Gasteiger partial charge in [0.2, 0.25) is 0 Å². The van der Waals surface area contributed by atoms with Gasteiger partial charge >= 0.3 is 0 Å². The fourth-order valence-electron chi connectivity index (χ4n) is 1.54. The molecule has 0 saturated heterocycles. The molecule has 0 bridgehead atoms. The minimum Gasteiger partial charge on any atom is -0.380 e. The van der Waals surface area contributed by atoms with Crippen LogP contribution in [0.4, 0.5) is 0 Å². The van der Waals surface area contributed by atoms with Gasteiger partial charge in [-0.2, -0.15) is 0 Å². The molecule has 3 nitrogen and oxygen atoms in total. The third-order valence-electron chi connectivity index (χ3n) is 2.43. The maximum Gasteiger partial charge on any atom is 0.0712 e. The molecule has 0 aliphatic heterocycles. The van der Waals surface area contributed by atoms with Crippen LogP contribution >= 0.6 is 0 Å². The molecule has 74 valence electrons. The number of hydrazine groups is 1. The van der Waals surface area contributed by atoms with Crippen LogP contribution in [0.3, 0.4) is 0 Å². The Morgan fingerprint density at radius 2 is 2.00 bits per heavy atom. The molecule has 3 heteroatoms. The van der Waals surface area contributed by atoms with Gasteiger partial charge in [0.15, 0.2) is 0 Å². The van der Waals surface area contributed by atoms with Crippen molar-refractivity contribution in [2.45, 2.75) is 45.8 Å². The van der Waals surface area contributed by atoms with Gasteiger partial charge in [0.1, 0.15) is 0 Å². The molecule has 0 aromatic heterocycles. The predicted octanol–water partition coefficient (Wildman–Crippen LogP) is 1.29. The van der Waals surface area contributed by atoms with Gasteiger partial charge in [0.05, 0.1) is 6.10 Å². The summed E-state index contributed by atoms with van der Waals surface area (Å²) in [5.41, 5.74) is 2.81. The average molecular weight is 174 g/mol. The number of rotatable bonds is 6. The molecule has 3 atom stereocenters. The number of hydrogen-bond donors (Lipinski definition) is 2. The highest BCUT2D eigenvalue weighted by atomic mass is 16.5. The SMILES string of the molecule is CCCC(C)C(NN)C(C)OC. The lowest BCUT2D eigenvalue weighted by Gasteiger charge is -2.27. The lowest BCUT2D eigenvalue weighted by Crippen LogP contribution is -2.47. The summed E-state index contributed by atoms with van der Waals surface area (Å²) in [4.78, 5) is 0. The molecule has 0 radical (unpaired) electrons. The molecule has 0 fully saturated rings. The van der Waals surface area contributed by atoms with E-state index in [0.29, 0.717) is 5.92 Å². The van der Waals surface area contributed by atoms with Crippen molar-refractivity contribution in [3.05, 3.63) is 0 Å². The molecule has 0 aromatic carbocycles. The normalized spacial score (nSPS) is 18.8. The van der Waals surface area contributed by atoms with Crippen molar-refractivity contribution in [2.75, 3.05) is 7.11 Å². The monoisotopic (exact) mass is 174 g/mol. The molecule has 0 spiro atoms. The Balaban J connectivity index is 3.94. The van der Waals surface area contributed by atoms with Crippen LogP contribution in [-0.2, 0) is 4.74 Å². The Morgan fingerprint density at radius 1 is 1.42 bits per heavy atom. The first kappa shape index (κ1) is 11.9. The summed E-state index contributed by atoms with van der Waals surface area (Å²) in [6.45, 7) is 6.42. The van der Waals surface area contributed by atoms with Gasteiger partial charge < -0.3 is 4.74 Å². The lowest BCUT2D eigenvalue weighted by molar-refractivity contribution is 0.0623. The van der Waals surface area contributed by atoms with Crippen molar-refractivity contribution >= 4 is 0 Å². The molecule has 0 heterocycles. The standard InChI is InChI=1S/C9H22N2O/c1-5-6-7(2)9(11-10)8(3)12-4/h7-9,11H,5-6,10H2,1-4H3. The first-order valence-electron chi connectivity index (χ1n) is 4.66. The van der Waals surface area contributed by atoms with Crippen molar-refractivity contribution in [3.63, 3.8) is 0 Å². The Bertz CT molecular complexity index is 109. The molecule has 0 rings (SSSR count). The second-order valence-electron chi connectivity index (χ2n) is 3.40. The summed E-state index contributed by atoms with van der Waals surface area (Å²) >= 11 is 0. The van der Waals surface area contributed by atoms with Crippen LogP contribution in [0, 0.1) is 5.92 Å². The first-order chi connectivity index (χ1) is 5.67. The van der Waals surface area contributed by atoms with Crippen LogP contribution < -0.4 is 11.3 Å². The van der Waals surface area contributed by atoms with Gasteiger partial charge in [0, 0.05) is 13.2 Å². The van der Waals surface area contributed by atoms with Crippen molar-refractivity contribution in [3.8, 4) is 0 Å². The Morgan fingerprint density at radius 3 is 2.33 bits per heavy atom. The summed E-state index contributed by atoms with van der Waals surface area (Å²) in [5, 5.41) is 0. The van der Waals surface area contributed by atoms with E-state index < -0.39 is 0 Å². The number of nitrogens with one attached hydrogen (secondary N) is 1. The smallest absolute Gasteiger partial charge is 0.0712 e. The largest absolute Gasteiger partial charge is 0.380 e. The number of methoxy groups -OCH3 is 1. The maximum atomic E-state index is 5.45. The zero-order chi connectivity index (χ0) is 9.56. The topological polar surface area (TPSA) is 47.3 Å². The van der Waals surface area contributed by atoms with Gasteiger partial charge in [-0.05, 0) is 19.3 Å². The number of nitrogens with two attached hydrogens (primary N) is 1.